The van der Waals surface area contributed by atoms with Crippen LogP contribution < -0.4 is 5.32 Å². The van der Waals surface area contributed by atoms with Gasteiger partial charge in [0.05, 0.1) is 10.2 Å². The Hall–Kier alpha value is -3.38. The molecule has 2 N–H and O–H groups in total. The SMILES string of the molecule is C[C@@H](Cc1c[nH]c2ccccc12)NC(=O)c1ccc2nc(-n3cccc3)sc2c1. The van der Waals surface area contributed by atoms with Crippen LogP contribution in [0.4, 0.5) is 0 Å². The monoisotopic (exact) mass is 400 g/mol. The van der Waals surface area contributed by atoms with Crippen LogP contribution in [-0.2, 0) is 6.42 Å². The van der Waals surface area contributed by atoms with E-state index in [-0.39, 0.29) is 11.9 Å². The highest BCUT2D eigenvalue weighted by Gasteiger charge is 2.14. The lowest BCUT2D eigenvalue weighted by atomic mass is 10.1. The number of aromatic amines is 1. The molecule has 0 aliphatic carbocycles. The Kier molecular flexibility index (Phi) is 4.41. The standard InChI is InChI=1S/C23H20N4OS/c1-15(12-17-14-24-19-7-3-2-6-18(17)19)25-22(28)16-8-9-20-21(13-16)29-23(26-20)27-10-4-5-11-27/h2-11,13-15,24H,12H2,1H3,(H,25,28)/t15-/m0/s1. The molecule has 0 bridgehead atoms. The fraction of sp³-hybridized carbons (Fsp3) is 0.130. The van der Waals surface area contributed by atoms with Crippen LogP contribution in [0, 0.1) is 0 Å². The van der Waals surface area contributed by atoms with E-state index < -0.39 is 0 Å². The Bertz CT molecular complexity index is 1300. The molecule has 5 aromatic rings. The van der Waals surface area contributed by atoms with E-state index >= 15 is 0 Å². The number of H-pyrrole nitrogens is 1. The summed E-state index contributed by atoms with van der Waals surface area (Å²) in [6.07, 6.45) is 6.74. The van der Waals surface area contributed by atoms with Crippen molar-refractivity contribution in [2.75, 3.05) is 0 Å². The number of nitrogens with zero attached hydrogens (tertiary/aromatic N) is 2. The number of aromatic nitrogens is 3. The Morgan fingerprint density at radius 3 is 2.86 bits per heavy atom. The van der Waals surface area contributed by atoms with E-state index in [2.05, 4.69) is 27.4 Å². The smallest absolute Gasteiger partial charge is 0.251 e. The largest absolute Gasteiger partial charge is 0.361 e. The van der Waals surface area contributed by atoms with Crippen LogP contribution in [0.2, 0.25) is 0 Å². The van der Waals surface area contributed by atoms with E-state index in [4.69, 9.17) is 0 Å². The van der Waals surface area contributed by atoms with Crippen molar-refractivity contribution in [1.29, 1.82) is 0 Å². The third-order valence-corrected chi connectivity index (χ3v) is 6.07. The lowest BCUT2D eigenvalue weighted by Crippen LogP contribution is -2.34. The number of hydrogen-bond acceptors (Lipinski definition) is 3. The summed E-state index contributed by atoms with van der Waals surface area (Å²) in [5.41, 5.74) is 3.89. The van der Waals surface area contributed by atoms with Crippen LogP contribution in [-0.4, -0.2) is 26.5 Å². The highest BCUT2D eigenvalue weighted by Crippen LogP contribution is 2.26. The normalized spacial score (nSPS) is 12.4. The first kappa shape index (κ1) is 17.7. The first-order valence-corrected chi connectivity index (χ1v) is 10.4. The van der Waals surface area contributed by atoms with Crippen molar-refractivity contribution in [3.8, 4) is 5.13 Å². The van der Waals surface area contributed by atoms with Crippen molar-refractivity contribution in [2.24, 2.45) is 0 Å². The molecule has 1 amide bonds. The topological polar surface area (TPSA) is 62.7 Å². The van der Waals surface area contributed by atoms with E-state index in [1.54, 1.807) is 11.3 Å². The lowest BCUT2D eigenvalue weighted by molar-refractivity contribution is 0.0940. The van der Waals surface area contributed by atoms with Gasteiger partial charge >= 0.3 is 0 Å². The second-order valence-corrected chi connectivity index (χ2v) is 8.22. The molecule has 5 rings (SSSR count). The van der Waals surface area contributed by atoms with E-state index in [1.807, 2.05) is 72.5 Å². The van der Waals surface area contributed by atoms with Crippen molar-refractivity contribution in [3.05, 3.63) is 84.3 Å². The molecular weight excluding hydrogens is 380 g/mol. The average molecular weight is 401 g/mol. The lowest BCUT2D eigenvalue weighted by Gasteiger charge is -2.13. The summed E-state index contributed by atoms with van der Waals surface area (Å²) in [6.45, 7) is 2.04. The van der Waals surface area contributed by atoms with Gasteiger partial charge in [-0.15, -0.1) is 0 Å². The van der Waals surface area contributed by atoms with Gasteiger partial charge in [-0.2, -0.15) is 0 Å². The third-order valence-electron chi connectivity index (χ3n) is 5.04. The number of para-hydroxylation sites is 1. The number of amides is 1. The quantitative estimate of drug-likeness (QED) is 0.439. The van der Waals surface area contributed by atoms with Crippen molar-refractivity contribution in [2.45, 2.75) is 19.4 Å². The zero-order valence-corrected chi connectivity index (χ0v) is 16.7. The molecule has 29 heavy (non-hydrogen) atoms. The molecule has 3 aromatic heterocycles. The second-order valence-electron chi connectivity index (χ2n) is 7.21. The van der Waals surface area contributed by atoms with E-state index in [9.17, 15) is 4.79 Å². The highest BCUT2D eigenvalue weighted by molar-refractivity contribution is 7.20. The molecule has 0 aliphatic rings. The summed E-state index contributed by atoms with van der Waals surface area (Å²) in [4.78, 5) is 20.7. The summed E-state index contributed by atoms with van der Waals surface area (Å²) >= 11 is 1.58. The first-order valence-electron chi connectivity index (χ1n) is 9.57. The van der Waals surface area contributed by atoms with E-state index in [0.717, 1.165) is 27.3 Å². The molecule has 0 unspecified atom stereocenters. The Labute approximate surface area is 172 Å². The third kappa shape index (κ3) is 3.43. The van der Waals surface area contributed by atoms with Gasteiger partial charge in [0.2, 0.25) is 0 Å². The fourth-order valence-electron chi connectivity index (χ4n) is 3.61. The summed E-state index contributed by atoms with van der Waals surface area (Å²) < 4.78 is 2.99. The molecule has 5 nitrogen and oxygen atoms in total. The summed E-state index contributed by atoms with van der Waals surface area (Å²) in [6, 6.07) is 17.9. The molecule has 6 heteroatoms. The molecule has 0 saturated heterocycles. The van der Waals surface area contributed by atoms with Gasteiger partial charge in [-0.3, -0.25) is 4.79 Å². The highest BCUT2D eigenvalue weighted by atomic mass is 32.1. The van der Waals surface area contributed by atoms with Crippen molar-refractivity contribution >= 4 is 38.4 Å². The van der Waals surface area contributed by atoms with Crippen LogP contribution in [0.3, 0.4) is 0 Å². The molecule has 144 valence electrons. The maximum absolute atomic E-state index is 12.8. The Balaban J connectivity index is 1.32. The number of carbonyl (C=O) groups is 1. The number of rotatable bonds is 5. The van der Waals surface area contributed by atoms with Gasteiger partial charge in [0, 0.05) is 41.1 Å². The molecule has 0 saturated carbocycles. The maximum Gasteiger partial charge on any atom is 0.251 e. The van der Waals surface area contributed by atoms with E-state index in [0.29, 0.717) is 5.56 Å². The van der Waals surface area contributed by atoms with Crippen LogP contribution >= 0.6 is 11.3 Å². The summed E-state index contributed by atoms with van der Waals surface area (Å²) in [5.74, 6) is -0.0600. The molecule has 0 spiro atoms. The van der Waals surface area contributed by atoms with Crippen LogP contribution in [0.5, 0.6) is 0 Å². The van der Waals surface area contributed by atoms with Gasteiger partial charge in [-0.1, -0.05) is 29.5 Å². The number of fused-ring (bicyclic) bond motifs is 2. The van der Waals surface area contributed by atoms with Gasteiger partial charge in [-0.25, -0.2) is 4.98 Å². The van der Waals surface area contributed by atoms with Gasteiger partial charge in [0.25, 0.3) is 5.91 Å². The minimum atomic E-state index is -0.0600. The number of nitrogens with one attached hydrogen (secondary N) is 2. The fourth-order valence-corrected chi connectivity index (χ4v) is 4.59. The molecule has 0 radical (unpaired) electrons. The molecule has 2 aromatic carbocycles. The maximum atomic E-state index is 12.8. The molecular formula is C23H20N4OS. The first-order chi connectivity index (χ1) is 14.2. The number of benzene rings is 2. The molecule has 3 heterocycles. The van der Waals surface area contributed by atoms with Crippen molar-refractivity contribution in [1.82, 2.24) is 19.9 Å². The second kappa shape index (κ2) is 7.22. The molecule has 0 aliphatic heterocycles. The predicted molar refractivity (Wildman–Crippen MR) is 118 cm³/mol. The van der Waals surface area contributed by atoms with Crippen LogP contribution in [0.25, 0.3) is 26.3 Å². The van der Waals surface area contributed by atoms with Crippen molar-refractivity contribution in [3.63, 3.8) is 0 Å². The van der Waals surface area contributed by atoms with Gasteiger partial charge in [0.15, 0.2) is 5.13 Å². The zero-order valence-electron chi connectivity index (χ0n) is 15.9. The predicted octanol–water partition coefficient (Wildman–Crippen LogP) is 4.93. The van der Waals surface area contributed by atoms with E-state index in [1.165, 1.54) is 10.9 Å². The Morgan fingerprint density at radius 2 is 2.00 bits per heavy atom. The van der Waals surface area contributed by atoms with Gasteiger partial charge < -0.3 is 14.9 Å². The van der Waals surface area contributed by atoms with Crippen LogP contribution in [0.15, 0.2) is 73.2 Å². The van der Waals surface area contributed by atoms with Crippen LogP contribution in [0.1, 0.15) is 22.8 Å². The summed E-state index contributed by atoms with van der Waals surface area (Å²) in [5, 5.41) is 5.23. The van der Waals surface area contributed by atoms with Crippen molar-refractivity contribution < 1.29 is 4.79 Å². The minimum Gasteiger partial charge on any atom is -0.361 e. The zero-order chi connectivity index (χ0) is 19.8. The minimum absolute atomic E-state index is 0.0225. The summed E-state index contributed by atoms with van der Waals surface area (Å²) in [7, 11) is 0. The number of carbonyl (C=O) groups excluding carboxylic acids is 1. The average Bonchev–Trinajstić information content (AvgIpc) is 3.47. The Morgan fingerprint density at radius 1 is 1.17 bits per heavy atom. The molecule has 0 fully saturated rings. The number of hydrogen-bond donors (Lipinski definition) is 2. The van der Waals surface area contributed by atoms with Gasteiger partial charge in [0.1, 0.15) is 0 Å². The molecule has 1 atom stereocenters. The van der Waals surface area contributed by atoms with Gasteiger partial charge in [-0.05, 0) is 55.3 Å². The number of thiazole rings is 1.